The molecule has 2 N–H and O–H groups in total. The van der Waals surface area contributed by atoms with Crippen LogP contribution in [0.25, 0.3) is 0 Å². The second kappa shape index (κ2) is 7.64. The van der Waals surface area contributed by atoms with Gasteiger partial charge in [-0.15, -0.1) is 0 Å². The summed E-state index contributed by atoms with van der Waals surface area (Å²) in [5.74, 6) is 0.265. The van der Waals surface area contributed by atoms with Crippen LogP contribution in [0.4, 0.5) is 0 Å². The van der Waals surface area contributed by atoms with Crippen LogP contribution in [0.2, 0.25) is 5.02 Å². The first-order chi connectivity index (χ1) is 10.1. The van der Waals surface area contributed by atoms with E-state index < -0.39 is 6.10 Å². The Labute approximate surface area is 129 Å². The van der Waals surface area contributed by atoms with E-state index in [-0.39, 0.29) is 18.6 Å². The molecule has 6 heteroatoms. The van der Waals surface area contributed by atoms with Crippen molar-refractivity contribution < 1.29 is 19.4 Å². The second-order valence-electron chi connectivity index (χ2n) is 5.11. The lowest BCUT2D eigenvalue weighted by Gasteiger charge is -2.23. The van der Waals surface area contributed by atoms with Crippen molar-refractivity contribution in [2.24, 2.45) is 0 Å². The maximum atomic E-state index is 11.8. The number of carbonyl (C=O) groups excluding carboxylic acids is 1. The molecule has 1 saturated heterocycles. The van der Waals surface area contributed by atoms with Gasteiger partial charge in [0, 0.05) is 19.3 Å². The van der Waals surface area contributed by atoms with Gasteiger partial charge in [-0.3, -0.25) is 4.79 Å². The Morgan fingerprint density at radius 1 is 1.52 bits per heavy atom. The molecule has 1 aromatic rings. The van der Waals surface area contributed by atoms with E-state index in [0.29, 0.717) is 29.5 Å². The minimum absolute atomic E-state index is 0.0783. The van der Waals surface area contributed by atoms with Crippen molar-refractivity contribution in [1.29, 1.82) is 0 Å². The molecule has 1 fully saturated rings. The van der Waals surface area contributed by atoms with Gasteiger partial charge in [0.2, 0.25) is 0 Å². The van der Waals surface area contributed by atoms with Crippen molar-refractivity contribution in [3.63, 3.8) is 0 Å². The molecule has 0 unspecified atom stereocenters. The van der Waals surface area contributed by atoms with Gasteiger partial charge in [0.15, 0.2) is 6.61 Å². The fourth-order valence-electron chi connectivity index (χ4n) is 2.15. The quantitative estimate of drug-likeness (QED) is 0.873. The van der Waals surface area contributed by atoms with Crippen LogP contribution in [0.15, 0.2) is 18.2 Å². The second-order valence-corrected chi connectivity index (χ2v) is 5.52. The molecule has 1 aliphatic heterocycles. The number of rotatable bonds is 5. The highest BCUT2D eigenvalue weighted by Gasteiger charge is 2.16. The molecule has 5 nitrogen and oxygen atoms in total. The summed E-state index contributed by atoms with van der Waals surface area (Å²) >= 11 is 6.06. The summed E-state index contributed by atoms with van der Waals surface area (Å²) in [5, 5.41) is 12.8. The predicted octanol–water partition coefficient (Wildman–Crippen LogP) is 2.07. The molecule has 116 valence electrons. The zero-order chi connectivity index (χ0) is 15.2. The highest BCUT2D eigenvalue weighted by atomic mass is 35.5. The van der Waals surface area contributed by atoms with Gasteiger partial charge < -0.3 is 19.9 Å². The van der Waals surface area contributed by atoms with Crippen LogP contribution < -0.4 is 10.1 Å². The minimum Gasteiger partial charge on any atom is -0.482 e. The maximum absolute atomic E-state index is 11.8. The summed E-state index contributed by atoms with van der Waals surface area (Å²) in [6, 6.07) is 5.18. The van der Waals surface area contributed by atoms with Crippen molar-refractivity contribution in [1.82, 2.24) is 5.32 Å². The number of ether oxygens (including phenoxy) is 2. The number of hydrogen-bond acceptors (Lipinski definition) is 4. The number of benzene rings is 1. The van der Waals surface area contributed by atoms with E-state index in [2.05, 4.69) is 5.32 Å². The summed E-state index contributed by atoms with van der Waals surface area (Å²) < 4.78 is 10.7. The first-order valence-electron chi connectivity index (χ1n) is 7.03. The normalized spacial score (nSPS) is 17.3. The molecule has 0 aliphatic carbocycles. The van der Waals surface area contributed by atoms with E-state index in [1.165, 1.54) is 0 Å². The van der Waals surface area contributed by atoms with E-state index >= 15 is 0 Å². The maximum Gasteiger partial charge on any atom is 0.258 e. The van der Waals surface area contributed by atoms with Crippen LogP contribution in [0.5, 0.6) is 5.75 Å². The minimum atomic E-state index is -0.589. The number of hydrogen-bond donors (Lipinski definition) is 2. The van der Waals surface area contributed by atoms with Crippen molar-refractivity contribution >= 4 is 17.5 Å². The zero-order valence-corrected chi connectivity index (χ0v) is 12.7. The number of nitrogens with one attached hydrogen (secondary N) is 1. The summed E-state index contributed by atoms with van der Waals surface area (Å²) in [6.07, 6.45) is 1.07. The Kier molecular flexibility index (Phi) is 5.85. The molecule has 21 heavy (non-hydrogen) atoms. The van der Waals surface area contributed by atoms with Crippen LogP contribution in [-0.2, 0) is 9.53 Å². The van der Waals surface area contributed by atoms with Gasteiger partial charge in [-0.05, 0) is 37.5 Å². The number of halogens is 1. The summed E-state index contributed by atoms with van der Waals surface area (Å²) in [7, 11) is 0. The van der Waals surface area contributed by atoms with Gasteiger partial charge in [0.05, 0.1) is 11.1 Å². The van der Waals surface area contributed by atoms with Crippen molar-refractivity contribution in [3.8, 4) is 5.75 Å². The topological polar surface area (TPSA) is 67.8 Å². The molecule has 1 aromatic carbocycles. The molecule has 1 heterocycles. The van der Waals surface area contributed by atoms with E-state index in [1.54, 1.807) is 25.1 Å². The van der Waals surface area contributed by atoms with E-state index in [0.717, 1.165) is 12.8 Å². The van der Waals surface area contributed by atoms with E-state index in [1.807, 2.05) is 0 Å². The standard InChI is InChI=1S/C15H20ClNO4/c1-10(18)11-2-3-14(13(16)8-11)21-9-15(19)17-12-4-6-20-7-5-12/h2-3,8,10,12,18H,4-7,9H2,1H3,(H,17,19)/t10-/m0/s1. The van der Waals surface area contributed by atoms with Gasteiger partial charge in [0.25, 0.3) is 5.91 Å². The van der Waals surface area contributed by atoms with E-state index in [4.69, 9.17) is 21.1 Å². The molecule has 0 spiro atoms. The number of amides is 1. The van der Waals surface area contributed by atoms with Crippen LogP contribution in [0, 0.1) is 0 Å². The molecule has 1 atom stereocenters. The van der Waals surface area contributed by atoms with Gasteiger partial charge >= 0.3 is 0 Å². The highest BCUT2D eigenvalue weighted by molar-refractivity contribution is 6.32. The Balaban J connectivity index is 1.83. The van der Waals surface area contributed by atoms with Gasteiger partial charge in [-0.25, -0.2) is 0 Å². The lowest BCUT2D eigenvalue weighted by Crippen LogP contribution is -2.41. The molecule has 1 aliphatic rings. The third-order valence-corrected chi connectivity index (χ3v) is 3.68. The monoisotopic (exact) mass is 313 g/mol. The highest BCUT2D eigenvalue weighted by Crippen LogP contribution is 2.27. The van der Waals surface area contributed by atoms with Crippen LogP contribution in [0.3, 0.4) is 0 Å². The fraction of sp³-hybridized carbons (Fsp3) is 0.533. The lowest BCUT2D eigenvalue weighted by atomic mass is 10.1. The van der Waals surface area contributed by atoms with Gasteiger partial charge in [-0.2, -0.15) is 0 Å². The molecule has 0 bridgehead atoms. The van der Waals surface area contributed by atoms with Crippen LogP contribution in [0.1, 0.15) is 31.4 Å². The first-order valence-corrected chi connectivity index (χ1v) is 7.41. The number of carbonyl (C=O) groups is 1. The number of aliphatic hydroxyl groups is 1. The molecular weight excluding hydrogens is 294 g/mol. The zero-order valence-electron chi connectivity index (χ0n) is 12.0. The lowest BCUT2D eigenvalue weighted by molar-refractivity contribution is -0.124. The van der Waals surface area contributed by atoms with E-state index in [9.17, 15) is 9.90 Å². The van der Waals surface area contributed by atoms with Gasteiger partial charge in [-0.1, -0.05) is 17.7 Å². The van der Waals surface area contributed by atoms with Crippen LogP contribution >= 0.6 is 11.6 Å². The van der Waals surface area contributed by atoms with Crippen LogP contribution in [-0.4, -0.2) is 36.9 Å². The Hall–Kier alpha value is -1.30. The Bertz CT molecular complexity index is 487. The third-order valence-electron chi connectivity index (χ3n) is 3.38. The SMILES string of the molecule is C[C@H](O)c1ccc(OCC(=O)NC2CCOCC2)c(Cl)c1. The summed E-state index contributed by atoms with van der Waals surface area (Å²) in [4.78, 5) is 11.8. The molecule has 0 aromatic heterocycles. The van der Waals surface area contributed by atoms with Crippen molar-refractivity contribution in [2.75, 3.05) is 19.8 Å². The van der Waals surface area contributed by atoms with Gasteiger partial charge in [0.1, 0.15) is 5.75 Å². The molecule has 2 rings (SSSR count). The largest absolute Gasteiger partial charge is 0.482 e. The summed E-state index contributed by atoms with van der Waals surface area (Å²) in [6.45, 7) is 2.94. The van der Waals surface area contributed by atoms with Crippen molar-refractivity contribution in [3.05, 3.63) is 28.8 Å². The Morgan fingerprint density at radius 2 is 2.24 bits per heavy atom. The Morgan fingerprint density at radius 3 is 2.86 bits per heavy atom. The fourth-order valence-corrected chi connectivity index (χ4v) is 2.39. The number of aliphatic hydroxyl groups excluding tert-OH is 1. The predicted molar refractivity (Wildman–Crippen MR) is 79.6 cm³/mol. The third kappa shape index (κ3) is 4.88. The first kappa shape index (κ1) is 16.1. The smallest absolute Gasteiger partial charge is 0.258 e. The molecule has 0 radical (unpaired) electrons. The molecule has 0 saturated carbocycles. The molecule has 1 amide bonds. The average Bonchev–Trinajstić information content (AvgIpc) is 2.47. The summed E-state index contributed by atoms with van der Waals surface area (Å²) in [5.41, 5.74) is 0.707. The average molecular weight is 314 g/mol. The van der Waals surface area contributed by atoms with Crippen molar-refractivity contribution in [2.45, 2.75) is 31.9 Å². The molecular formula is C15H20ClNO4.